The quantitative estimate of drug-likeness (QED) is 0.769. The number of hydrogen-bond donors (Lipinski definition) is 2. The van der Waals surface area contributed by atoms with E-state index in [4.69, 9.17) is 9.26 Å². The average molecular weight is 367 g/mol. The smallest absolute Gasteiger partial charge is 0.246 e. The van der Waals surface area contributed by atoms with Crippen LogP contribution < -0.4 is 5.32 Å². The van der Waals surface area contributed by atoms with E-state index in [1.165, 1.54) is 0 Å². The second-order valence-corrected chi connectivity index (χ2v) is 8.42. The van der Waals surface area contributed by atoms with Gasteiger partial charge in [-0.2, -0.15) is 0 Å². The number of rotatable bonds is 7. The SMILES string of the molecule is C[C@H](O)C(C)(C)c1cc(NC(=O)C(C)(C)N(C)CC2CCOCC2)on1. The van der Waals surface area contributed by atoms with Crippen LogP contribution in [0, 0.1) is 5.92 Å². The van der Waals surface area contributed by atoms with Crippen LogP contribution in [0.25, 0.3) is 0 Å². The maximum absolute atomic E-state index is 12.8. The molecule has 0 spiro atoms. The summed E-state index contributed by atoms with van der Waals surface area (Å²) in [4.78, 5) is 14.9. The van der Waals surface area contributed by atoms with Crippen molar-refractivity contribution >= 4 is 11.8 Å². The number of aliphatic hydroxyl groups excluding tert-OH is 1. The highest BCUT2D eigenvalue weighted by Crippen LogP contribution is 2.29. The van der Waals surface area contributed by atoms with Gasteiger partial charge in [0.15, 0.2) is 0 Å². The summed E-state index contributed by atoms with van der Waals surface area (Å²) in [5.74, 6) is 0.695. The molecule has 1 amide bonds. The Labute approximate surface area is 156 Å². The van der Waals surface area contributed by atoms with E-state index in [1.54, 1.807) is 13.0 Å². The summed E-state index contributed by atoms with van der Waals surface area (Å²) in [6.07, 6.45) is 1.47. The van der Waals surface area contributed by atoms with E-state index in [-0.39, 0.29) is 5.91 Å². The Morgan fingerprint density at radius 1 is 1.38 bits per heavy atom. The number of hydrogen-bond acceptors (Lipinski definition) is 6. The van der Waals surface area contributed by atoms with Crippen molar-refractivity contribution in [3.63, 3.8) is 0 Å². The van der Waals surface area contributed by atoms with Crippen LogP contribution in [0.3, 0.4) is 0 Å². The van der Waals surface area contributed by atoms with Gasteiger partial charge in [0.25, 0.3) is 0 Å². The number of aromatic nitrogens is 1. The minimum absolute atomic E-state index is 0.149. The number of aliphatic hydroxyl groups is 1. The fourth-order valence-electron chi connectivity index (χ4n) is 2.83. The standard InChI is InChI=1S/C19H33N3O4/c1-13(23)18(2,3)15-11-16(26-21-15)20-17(24)19(4,5)22(6)12-14-7-9-25-10-8-14/h11,13-14,23H,7-10,12H2,1-6H3,(H,20,24)/t13-/m0/s1. The summed E-state index contributed by atoms with van der Waals surface area (Å²) in [5.41, 5.74) is -0.636. The zero-order valence-corrected chi connectivity index (χ0v) is 16.8. The summed E-state index contributed by atoms with van der Waals surface area (Å²) in [7, 11) is 1.97. The maximum atomic E-state index is 12.8. The van der Waals surface area contributed by atoms with Gasteiger partial charge in [0.1, 0.15) is 0 Å². The number of anilines is 1. The molecule has 2 N–H and O–H groups in total. The third-order valence-electron chi connectivity index (χ3n) is 5.83. The highest BCUT2D eigenvalue weighted by Gasteiger charge is 2.35. The van der Waals surface area contributed by atoms with E-state index in [1.807, 2.05) is 34.7 Å². The number of carbonyl (C=O) groups is 1. The molecule has 1 aromatic heterocycles. The Hall–Kier alpha value is -1.44. The van der Waals surface area contributed by atoms with Gasteiger partial charge < -0.3 is 14.4 Å². The van der Waals surface area contributed by atoms with Crippen molar-refractivity contribution in [2.24, 2.45) is 5.92 Å². The molecule has 2 heterocycles. The predicted molar refractivity (Wildman–Crippen MR) is 100 cm³/mol. The lowest BCUT2D eigenvalue weighted by Crippen LogP contribution is -2.52. The van der Waals surface area contributed by atoms with Crippen LogP contribution in [0.4, 0.5) is 5.88 Å². The van der Waals surface area contributed by atoms with Crippen LogP contribution >= 0.6 is 0 Å². The van der Waals surface area contributed by atoms with E-state index < -0.39 is 17.1 Å². The lowest BCUT2D eigenvalue weighted by molar-refractivity contribution is -0.126. The molecule has 0 aliphatic carbocycles. The van der Waals surface area contributed by atoms with Crippen molar-refractivity contribution in [1.82, 2.24) is 10.1 Å². The summed E-state index contributed by atoms with van der Waals surface area (Å²) < 4.78 is 10.7. The van der Waals surface area contributed by atoms with Crippen LogP contribution in [-0.4, -0.2) is 59.5 Å². The van der Waals surface area contributed by atoms with Gasteiger partial charge in [-0.3, -0.25) is 15.0 Å². The molecule has 0 saturated carbocycles. The molecule has 0 unspecified atom stereocenters. The molecule has 1 saturated heterocycles. The molecule has 1 atom stereocenters. The van der Waals surface area contributed by atoms with E-state index in [0.717, 1.165) is 32.6 Å². The molecule has 7 nitrogen and oxygen atoms in total. The van der Waals surface area contributed by atoms with Crippen LogP contribution in [0.15, 0.2) is 10.6 Å². The van der Waals surface area contributed by atoms with Crippen molar-refractivity contribution in [3.8, 4) is 0 Å². The van der Waals surface area contributed by atoms with Crippen LogP contribution in [0.2, 0.25) is 0 Å². The van der Waals surface area contributed by atoms with Gasteiger partial charge in [0.2, 0.25) is 11.8 Å². The third kappa shape index (κ3) is 4.64. The zero-order valence-electron chi connectivity index (χ0n) is 16.8. The van der Waals surface area contributed by atoms with Crippen molar-refractivity contribution in [2.75, 3.05) is 32.1 Å². The van der Waals surface area contributed by atoms with E-state index in [2.05, 4.69) is 15.4 Å². The molecule has 1 fully saturated rings. The number of ether oxygens (including phenoxy) is 1. The Morgan fingerprint density at radius 3 is 2.58 bits per heavy atom. The summed E-state index contributed by atoms with van der Waals surface area (Å²) in [6.45, 7) is 11.7. The summed E-state index contributed by atoms with van der Waals surface area (Å²) in [5, 5.41) is 16.7. The molecule has 1 aliphatic rings. The first kappa shape index (κ1) is 20.9. The molecule has 0 radical (unpaired) electrons. The van der Waals surface area contributed by atoms with Gasteiger partial charge in [-0.05, 0) is 46.6 Å². The van der Waals surface area contributed by atoms with Gasteiger partial charge in [0.05, 0.1) is 17.3 Å². The van der Waals surface area contributed by atoms with Crippen molar-refractivity contribution in [2.45, 2.75) is 64.5 Å². The van der Waals surface area contributed by atoms with Crippen molar-refractivity contribution in [3.05, 3.63) is 11.8 Å². The molecule has 1 aromatic rings. The number of nitrogens with zero attached hydrogens (tertiary/aromatic N) is 2. The summed E-state index contributed by atoms with van der Waals surface area (Å²) in [6, 6.07) is 1.68. The molecule has 2 rings (SSSR count). The molecular weight excluding hydrogens is 334 g/mol. The number of amides is 1. The normalized spacial score (nSPS) is 18.2. The minimum atomic E-state index is -0.689. The lowest BCUT2D eigenvalue weighted by Gasteiger charge is -2.37. The van der Waals surface area contributed by atoms with Crippen LogP contribution in [-0.2, 0) is 14.9 Å². The molecule has 0 bridgehead atoms. The first-order valence-electron chi connectivity index (χ1n) is 9.31. The second-order valence-electron chi connectivity index (χ2n) is 8.42. The number of likely N-dealkylation sites (N-methyl/N-ethyl adjacent to an activating group) is 1. The first-order valence-corrected chi connectivity index (χ1v) is 9.31. The second kappa shape index (κ2) is 8.06. The van der Waals surface area contributed by atoms with Gasteiger partial charge >= 0.3 is 0 Å². The molecule has 0 aromatic carbocycles. The van der Waals surface area contributed by atoms with Crippen molar-refractivity contribution < 1.29 is 19.2 Å². The van der Waals surface area contributed by atoms with E-state index in [9.17, 15) is 9.90 Å². The predicted octanol–water partition coefficient (Wildman–Crippen LogP) is 2.41. The Morgan fingerprint density at radius 2 is 2.00 bits per heavy atom. The highest BCUT2D eigenvalue weighted by molar-refractivity contribution is 5.96. The molecule has 7 heteroatoms. The Bertz CT molecular complexity index is 604. The first-order chi connectivity index (χ1) is 12.0. The van der Waals surface area contributed by atoms with Crippen molar-refractivity contribution in [1.29, 1.82) is 0 Å². The maximum Gasteiger partial charge on any atom is 0.246 e. The largest absolute Gasteiger partial charge is 0.392 e. The van der Waals surface area contributed by atoms with Crippen LogP contribution in [0.5, 0.6) is 0 Å². The molecule has 148 valence electrons. The average Bonchev–Trinajstić information content (AvgIpc) is 3.04. The summed E-state index contributed by atoms with van der Waals surface area (Å²) >= 11 is 0. The van der Waals surface area contributed by atoms with Crippen LogP contribution in [0.1, 0.15) is 53.2 Å². The van der Waals surface area contributed by atoms with E-state index in [0.29, 0.717) is 17.5 Å². The Balaban J connectivity index is 2.00. The monoisotopic (exact) mass is 367 g/mol. The third-order valence-corrected chi connectivity index (χ3v) is 5.83. The number of nitrogens with one attached hydrogen (secondary N) is 1. The highest BCUT2D eigenvalue weighted by atomic mass is 16.5. The topological polar surface area (TPSA) is 87.8 Å². The molecule has 26 heavy (non-hydrogen) atoms. The van der Waals surface area contributed by atoms with E-state index >= 15 is 0 Å². The fourth-order valence-corrected chi connectivity index (χ4v) is 2.83. The number of carbonyl (C=O) groups excluding carboxylic acids is 1. The molecule has 1 aliphatic heterocycles. The van der Waals surface area contributed by atoms with Gasteiger partial charge in [-0.1, -0.05) is 19.0 Å². The van der Waals surface area contributed by atoms with Gasteiger partial charge in [-0.25, -0.2) is 0 Å². The Kier molecular flexibility index (Phi) is 6.47. The lowest BCUT2D eigenvalue weighted by atomic mass is 9.84. The zero-order chi connectivity index (χ0) is 19.5. The minimum Gasteiger partial charge on any atom is -0.392 e. The van der Waals surface area contributed by atoms with Gasteiger partial charge in [-0.15, -0.1) is 0 Å². The van der Waals surface area contributed by atoms with Gasteiger partial charge in [0, 0.05) is 31.2 Å². The molecular formula is C19H33N3O4. The fraction of sp³-hybridized carbons (Fsp3) is 0.789.